The lowest BCUT2D eigenvalue weighted by atomic mass is 10.3. The molecule has 14 nitrogen and oxygen atoms in total. The quantitative estimate of drug-likeness (QED) is 0.0631. The van der Waals surface area contributed by atoms with Crippen molar-refractivity contribution in [2.45, 2.75) is 26.2 Å². The normalized spacial score (nSPS) is 11.0. The minimum absolute atomic E-state index is 0.0125. The van der Waals surface area contributed by atoms with Crippen LogP contribution in [0.15, 0.2) is 12.2 Å². The second kappa shape index (κ2) is 30.8. The highest BCUT2D eigenvalue weighted by Gasteiger charge is 2.04. The molecular weight excluding hydrogens is 546 g/mol. The summed E-state index contributed by atoms with van der Waals surface area (Å²) in [6.07, 6.45) is 0.470. The van der Waals surface area contributed by atoms with Crippen LogP contribution in [0.5, 0.6) is 0 Å². The van der Waals surface area contributed by atoms with Gasteiger partial charge < -0.3 is 53.1 Å². The smallest absolute Gasteiger partial charge is 0.333 e. The standard InChI is InChI=1S/C27H49NO13/c1-24(2)27(32)41-23-22-40-21-20-39-19-18-38-17-16-37-15-14-36-13-12-35-11-10-34-9-8-33-7-3-6-28-25(29)4-5-26(30)31/h1,3-23H2,2H3,(H,28,29)(H,30,31). The molecule has 14 heteroatoms. The van der Waals surface area contributed by atoms with Crippen LogP contribution in [0.3, 0.4) is 0 Å². The van der Waals surface area contributed by atoms with Gasteiger partial charge in [0.2, 0.25) is 5.91 Å². The highest BCUT2D eigenvalue weighted by Crippen LogP contribution is 1.92. The number of ether oxygens (including phenoxy) is 9. The fourth-order valence-corrected chi connectivity index (χ4v) is 2.67. The number of nitrogens with one attached hydrogen (secondary N) is 1. The van der Waals surface area contributed by atoms with Crippen molar-refractivity contribution in [1.82, 2.24) is 5.32 Å². The highest BCUT2D eigenvalue weighted by molar-refractivity contribution is 5.86. The fourth-order valence-electron chi connectivity index (χ4n) is 2.67. The molecule has 0 fully saturated rings. The zero-order chi connectivity index (χ0) is 30.2. The molecule has 240 valence electrons. The zero-order valence-corrected chi connectivity index (χ0v) is 24.4. The lowest BCUT2D eigenvalue weighted by Gasteiger charge is -2.09. The summed E-state index contributed by atoms with van der Waals surface area (Å²) in [4.78, 5) is 32.9. The van der Waals surface area contributed by atoms with Gasteiger partial charge in [0.05, 0.1) is 106 Å². The Kier molecular flexibility index (Phi) is 29.2. The first-order valence-corrected chi connectivity index (χ1v) is 13.9. The monoisotopic (exact) mass is 595 g/mol. The molecule has 0 aromatic heterocycles. The van der Waals surface area contributed by atoms with E-state index < -0.39 is 11.9 Å². The Hall–Kier alpha value is -2.17. The molecule has 0 heterocycles. The molecule has 0 bridgehead atoms. The SMILES string of the molecule is C=C(C)C(=O)OCCOCCOCCOCCOCCOCCOCCOCCOCCCNC(=O)CCC(=O)O. The van der Waals surface area contributed by atoms with E-state index in [4.69, 9.17) is 47.7 Å². The van der Waals surface area contributed by atoms with Crippen LogP contribution in [0.25, 0.3) is 0 Å². The molecule has 0 aliphatic carbocycles. The van der Waals surface area contributed by atoms with E-state index in [1.165, 1.54) is 0 Å². The highest BCUT2D eigenvalue weighted by atomic mass is 16.6. The van der Waals surface area contributed by atoms with Crippen LogP contribution in [0.2, 0.25) is 0 Å². The summed E-state index contributed by atoms with van der Waals surface area (Å²) in [5.41, 5.74) is 0.363. The van der Waals surface area contributed by atoms with Crippen molar-refractivity contribution in [3.8, 4) is 0 Å². The van der Waals surface area contributed by atoms with E-state index in [-0.39, 0.29) is 25.4 Å². The molecule has 0 atom stereocenters. The summed E-state index contributed by atoms with van der Waals surface area (Å²) in [5, 5.41) is 11.2. The number of hydrogen-bond acceptors (Lipinski definition) is 12. The number of hydrogen-bond donors (Lipinski definition) is 2. The van der Waals surface area contributed by atoms with Crippen LogP contribution in [-0.4, -0.2) is 142 Å². The van der Waals surface area contributed by atoms with Gasteiger partial charge in [-0.1, -0.05) is 6.58 Å². The molecule has 0 aliphatic heterocycles. The Balaban J connectivity index is 3.12. The van der Waals surface area contributed by atoms with Crippen LogP contribution in [0, 0.1) is 0 Å². The molecule has 0 rings (SSSR count). The molecule has 0 radical (unpaired) electrons. The van der Waals surface area contributed by atoms with E-state index in [1.807, 2.05) is 0 Å². The molecule has 1 amide bonds. The maximum Gasteiger partial charge on any atom is 0.333 e. The maximum absolute atomic E-state index is 11.3. The number of carboxylic acid groups (broad SMARTS) is 1. The van der Waals surface area contributed by atoms with Crippen molar-refractivity contribution in [3.63, 3.8) is 0 Å². The van der Waals surface area contributed by atoms with Crippen molar-refractivity contribution < 1.29 is 62.1 Å². The summed E-state index contributed by atoms with van der Waals surface area (Å²) in [6, 6.07) is 0. The number of rotatable bonds is 32. The van der Waals surface area contributed by atoms with Gasteiger partial charge in [-0.3, -0.25) is 9.59 Å². The number of carbonyl (C=O) groups is 3. The van der Waals surface area contributed by atoms with Gasteiger partial charge in [-0.25, -0.2) is 4.79 Å². The van der Waals surface area contributed by atoms with Crippen LogP contribution < -0.4 is 5.32 Å². The van der Waals surface area contributed by atoms with Crippen molar-refractivity contribution >= 4 is 17.8 Å². The Morgan fingerprint density at radius 3 is 1.24 bits per heavy atom. The maximum atomic E-state index is 11.3. The predicted octanol–water partition coefficient (Wildman–Crippen LogP) is 0.610. The molecule has 2 N–H and O–H groups in total. The second-order valence-electron chi connectivity index (χ2n) is 8.41. The molecule has 0 aliphatic rings. The average molecular weight is 596 g/mol. The summed E-state index contributed by atoms with van der Waals surface area (Å²) in [6.45, 7) is 12.9. The van der Waals surface area contributed by atoms with E-state index in [9.17, 15) is 14.4 Å². The molecule has 0 saturated carbocycles. The first-order chi connectivity index (χ1) is 19.9. The third-order valence-electron chi connectivity index (χ3n) is 4.77. The van der Waals surface area contributed by atoms with Crippen LogP contribution in [0.4, 0.5) is 0 Å². The Bertz CT molecular complexity index is 663. The van der Waals surface area contributed by atoms with Crippen molar-refractivity contribution in [2.75, 3.05) is 119 Å². The minimum Gasteiger partial charge on any atom is -0.481 e. The van der Waals surface area contributed by atoms with E-state index in [0.717, 1.165) is 0 Å². The van der Waals surface area contributed by atoms with Gasteiger partial charge in [-0.2, -0.15) is 0 Å². The predicted molar refractivity (Wildman–Crippen MR) is 147 cm³/mol. The van der Waals surface area contributed by atoms with Crippen LogP contribution in [0.1, 0.15) is 26.2 Å². The molecule has 0 saturated heterocycles. The summed E-state index contributed by atoms with van der Waals surface area (Å²) < 4.78 is 48.1. The Labute approximate surface area is 242 Å². The summed E-state index contributed by atoms with van der Waals surface area (Å²) >= 11 is 0. The molecule has 0 unspecified atom stereocenters. The van der Waals surface area contributed by atoms with Gasteiger partial charge >= 0.3 is 11.9 Å². The molecular formula is C27H49NO13. The van der Waals surface area contributed by atoms with Gasteiger partial charge in [-0.15, -0.1) is 0 Å². The van der Waals surface area contributed by atoms with Crippen molar-refractivity contribution in [3.05, 3.63) is 12.2 Å². The van der Waals surface area contributed by atoms with E-state index in [2.05, 4.69) is 11.9 Å². The van der Waals surface area contributed by atoms with E-state index >= 15 is 0 Å². The van der Waals surface area contributed by atoms with Crippen LogP contribution in [-0.2, 0) is 57.0 Å². The third kappa shape index (κ3) is 32.2. The van der Waals surface area contributed by atoms with E-state index in [0.29, 0.717) is 124 Å². The fraction of sp³-hybridized carbons (Fsp3) is 0.815. The molecule has 0 aromatic carbocycles. The number of aliphatic carboxylic acids is 1. The summed E-state index contributed by atoms with van der Waals surface area (Å²) in [5.74, 6) is -1.68. The van der Waals surface area contributed by atoms with Gasteiger partial charge in [0.1, 0.15) is 6.61 Å². The summed E-state index contributed by atoms with van der Waals surface area (Å²) in [7, 11) is 0. The van der Waals surface area contributed by atoms with Crippen LogP contribution >= 0.6 is 0 Å². The van der Waals surface area contributed by atoms with Gasteiger partial charge in [-0.05, 0) is 13.3 Å². The first-order valence-electron chi connectivity index (χ1n) is 13.9. The van der Waals surface area contributed by atoms with Crippen molar-refractivity contribution in [1.29, 1.82) is 0 Å². The zero-order valence-electron chi connectivity index (χ0n) is 24.4. The van der Waals surface area contributed by atoms with Gasteiger partial charge in [0.15, 0.2) is 0 Å². The number of esters is 1. The van der Waals surface area contributed by atoms with E-state index in [1.54, 1.807) is 6.92 Å². The Morgan fingerprint density at radius 1 is 0.561 bits per heavy atom. The number of carboxylic acids is 1. The molecule has 0 aromatic rings. The second-order valence-corrected chi connectivity index (χ2v) is 8.41. The van der Waals surface area contributed by atoms with Gasteiger partial charge in [0, 0.05) is 25.1 Å². The lowest BCUT2D eigenvalue weighted by molar-refractivity contribution is -0.140. The topological polar surface area (TPSA) is 167 Å². The first kappa shape index (κ1) is 38.8. The number of carbonyl (C=O) groups excluding carboxylic acids is 2. The molecule has 41 heavy (non-hydrogen) atoms. The number of amides is 1. The Morgan fingerprint density at radius 2 is 0.902 bits per heavy atom. The third-order valence-corrected chi connectivity index (χ3v) is 4.77. The van der Waals surface area contributed by atoms with Crippen molar-refractivity contribution in [2.24, 2.45) is 0 Å². The lowest BCUT2D eigenvalue weighted by Crippen LogP contribution is -2.25. The average Bonchev–Trinajstić information content (AvgIpc) is 2.95. The van der Waals surface area contributed by atoms with Gasteiger partial charge in [0.25, 0.3) is 0 Å². The minimum atomic E-state index is -0.985. The molecule has 0 spiro atoms. The largest absolute Gasteiger partial charge is 0.481 e.